The zero-order valence-electron chi connectivity index (χ0n) is 16.1. The van der Waals surface area contributed by atoms with Gasteiger partial charge in [0.15, 0.2) is 11.6 Å². The number of carbonyl (C=O) groups excluding carboxylic acids is 2. The third-order valence-electron chi connectivity index (χ3n) is 6.14. The third-order valence-corrected chi connectivity index (χ3v) is 6.14. The molecule has 3 rings (SSSR count). The number of ether oxygens (including phenoxy) is 1. The molecule has 2 aliphatic rings. The van der Waals surface area contributed by atoms with Crippen molar-refractivity contribution >= 4 is 11.6 Å². The molecule has 0 heterocycles. The van der Waals surface area contributed by atoms with Crippen LogP contribution in [0.25, 0.3) is 0 Å². The summed E-state index contributed by atoms with van der Waals surface area (Å²) in [5, 5.41) is 9.15. The number of allylic oxidation sites excluding steroid dienone is 5. The van der Waals surface area contributed by atoms with Gasteiger partial charge in [-0.25, -0.2) is 0 Å². The summed E-state index contributed by atoms with van der Waals surface area (Å²) < 4.78 is 5.75. The molecule has 0 amide bonds. The van der Waals surface area contributed by atoms with Crippen molar-refractivity contribution in [3.8, 4) is 5.75 Å². The van der Waals surface area contributed by atoms with Crippen LogP contribution in [0.2, 0.25) is 0 Å². The van der Waals surface area contributed by atoms with Gasteiger partial charge in [0.2, 0.25) is 0 Å². The number of Topliss-reactive ketones (excluding diaryl/α,β-unsaturated/α-hetero) is 2. The predicted molar refractivity (Wildman–Crippen MR) is 105 cm³/mol. The van der Waals surface area contributed by atoms with E-state index in [1.807, 2.05) is 37.3 Å². The van der Waals surface area contributed by atoms with Crippen LogP contribution in [0.1, 0.15) is 38.7 Å². The minimum atomic E-state index is -0.891. The van der Waals surface area contributed by atoms with E-state index in [1.165, 1.54) is 0 Å². The van der Waals surface area contributed by atoms with E-state index in [9.17, 15) is 9.59 Å². The Hall–Kier alpha value is -2.46. The zero-order valence-corrected chi connectivity index (χ0v) is 16.1. The Morgan fingerprint density at radius 1 is 1.26 bits per heavy atom. The topological polar surface area (TPSA) is 63.6 Å². The molecule has 4 heteroatoms. The third kappa shape index (κ3) is 2.88. The molecule has 4 nitrogen and oxygen atoms in total. The predicted octanol–water partition coefficient (Wildman–Crippen LogP) is 3.77. The maximum absolute atomic E-state index is 13.5. The molecule has 0 saturated carbocycles. The summed E-state index contributed by atoms with van der Waals surface area (Å²) in [6.45, 7) is 9.40. The van der Waals surface area contributed by atoms with Gasteiger partial charge in [-0.1, -0.05) is 43.9 Å². The molecule has 0 bridgehead atoms. The summed E-state index contributed by atoms with van der Waals surface area (Å²) in [6, 6.07) is 7.53. The lowest BCUT2D eigenvalue weighted by atomic mass is 9.52. The van der Waals surface area contributed by atoms with Crippen molar-refractivity contribution in [2.75, 3.05) is 13.2 Å². The molecule has 142 valence electrons. The number of aliphatic hydroxyl groups excluding tert-OH is 1. The van der Waals surface area contributed by atoms with Crippen molar-refractivity contribution in [2.45, 2.75) is 33.1 Å². The minimum absolute atomic E-state index is 0.0130. The van der Waals surface area contributed by atoms with Crippen LogP contribution < -0.4 is 4.74 Å². The second-order valence-corrected chi connectivity index (χ2v) is 7.47. The van der Waals surface area contributed by atoms with Crippen molar-refractivity contribution in [2.24, 2.45) is 11.3 Å². The molecule has 1 aromatic rings. The van der Waals surface area contributed by atoms with Gasteiger partial charge < -0.3 is 9.84 Å². The Kier molecular flexibility index (Phi) is 5.20. The Morgan fingerprint density at radius 3 is 2.63 bits per heavy atom. The molecule has 0 radical (unpaired) electrons. The van der Waals surface area contributed by atoms with Crippen LogP contribution in [0.5, 0.6) is 5.75 Å². The molecule has 1 aromatic carbocycles. The van der Waals surface area contributed by atoms with Crippen LogP contribution in [0.15, 0.2) is 59.7 Å². The summed E-state index contributed by atoms with van der Waals surface area (Å²) in [6.07, 6.45) is 4.32. The van der Waals surface area contributed by atoms with E-state index in [-0.39, 0.29) is 30.7 Å². The van der Waals surface area contributed by atoms with Crippen LogP contribution in [0.4, 0.5) is 0 Å². The van der Waals surface area contributed by atoms with Crippen molar-refractivity contribution in [3.63, 3.8) is 0 Å². The van der Waals surface area contributed by atoms with Crippen LogP contribution in [-0.2, 0) is 9.59 Å². The first kappa shape index (κ1) is 19.3. The number of hydrogen-bond donors (Lipinski definition) is 1. The number of rotatable bonds is 5. The van der Waals surface area contributed by atoms with Gasteiger partial charge in [0, 0.05) is 17.4 Å². The summed E-state index contributed by atoms with van der Waals surface area (Å²) in [4.78, 5) is 26.5. The zero-order chi connectivity index (χ0) is 19.8. The van der Waals surface area contributed by atoms with E-state index < -0.39 is 11.3 Å². The molecular weight excluding hydrogens is 340 g/mol. The fraction of sp³-hybridized carbons (Fsp3) is 0.391. The summed E-state index contributed by atoms with van der Waals surface area (Å²) in [7, 11) is 0. The summed E-state index contributed by atoms with van der Waals surface area (Å²) in [5.74, 6) is -0.0430. The lowest BCUT2D eigenvalue weighted by Gasteiger charge is -2.48. The first-order valence-corrected chi connectivity index (χ1v) is 9.29. The number of hydrogen-bond acceptors (Lipinski definition) is 4. The van der Waals surface area contributed by atoms with Crippen molar-refractivity contribution in [1.82, 2.24) is 0 Å². The van der Waals surface area contributed by atoms with Crippen molar-refractivity contribution in [3.05, 3.63) is 65.3 Å². The molecule has 3 atom stereocenters. The molecule has 0 aliphatic heterocycles. The SMILES string of the molecule is C=CC1=CC[C@H]2C(=O)C(C)=C(C)C(=O)[C@@]2(C)[C@H]1c1ccccc1OCCO. The lowest BCUT2D eigenvalue weighted by molar-refractivity contribution is -0.138. The van der Waals surface area contributed by atoms with Gasteiger partial charge >= 0.3 is 0 Å². The van der Waals surface area contributed by atoms with Gasteiger partial charge in [0.25, 0.3) is 0 Å². The highest BCUT2D eigenvalue weighted by Gasteiger charge is 2.56. The van der Waals surface area contributed by atoms with Gasteiger partial charge in [-0.2, -0.15) is 0 Å². The van der Waals surface area contributed by atoms with E-state index in [0.717, 1.165) is 11.1 Å². The second-order valence-electron chi connectivity index (χ2n) is 7.47. The van der Waals surface area contributed by atoms with Gasteiger partial charge in [-0.05, 0) is 43.1 Å². The molecule has 27 heavy (non-hydrogen) atoms. The van der Waals surface area contributed by atoms with E-state index in [1.54, 1.807) is 19.9 Å². The van der Waals surface area contributed by atoms with Crippen molar-refractivity contribution < 1.29 is 19.4 Å². The standard InChI is InChI=1S/C23H26O4/c1-5-16-10-11-18-21(25)14(2)15(3)22(26)23(18,4)20(16)17-8-6-7-9-19(17)27-13-12-24/h5-10,18,20,24H,1,11-13H2,2-4H3/t18-,20+,23+/m0/s1. The average molecular weight is 366 g/mol. The molecule has 0 fully saturated rings. The average Bonchev–Trinajstić information content (AvgIpc) is 2.69. The fourth-order valence-corrected chi connectivity index (χ4v) is 4.56. The molecule has 0 spiro atoms. The van der Waals surface area contributed by atoms with E-state index in [4.69, 9.17) is 9.84 Å². The summed E-state index contributed by atoms with van der Waals surface area (Å²) in [5.41, 5.74) is 2.00. The number of benzene rings is 1. The fourth-order valence-electron chi connectivity index (χ4n) is 4.56. The Bertz CT molecular complexity index is 861. The Morgan fingerprint density at radius 2 is 1.96 bits per heavy atom. The van der Waals surface area contributed by atoms with Crippen LogP contribution in [-0.4, -0.2) is 29.9 Å². The molecular formula is C23H26O4. The molecule has 2 aliphatic carbocycles. The number of carbonyl (C=O) groups is 2. The second kappa shape index (κ2) is 7.28. The maximum atomic E-state index is 13.5. The molecule has 0 saturated heterocycles. The monoisotopic (exact) mass is 366 g/mol. The van der Waals surface area contributed by atoms with Gasteiger partial charge in [-0.3, -0.25) is 9.59 Å². The maximum Gasteiger partial charge on any atom is 0.166 e. The highest BCUT2D eigenvalue weighted by atomic mass is 16.5. The van der Waals surface area contributed by atoms with Crippen LogP contribution in [0.3, 0.4) is 0 Å². The number of fused-ring (bicyclic) bond motifs is 1. The highest BCUT2D eigenvalue weighted by Crippen LogP contribution is 2.57. The van der Waals surface area contributed by atoms with E-state index in [0.29, 0.717) is 23.3 Å². The Labute approximate surface area is 160 Å². The lowest BCUT2D eigenvalue weighted by Crippen LogP contribution is -2.51. The largest absolute Gasteiger partial charge is 0.491 e. The highest BCUT2D eigenvalue weighted by molar-refractivity contribution is 6.15. The quantitative estimate of drug-likeness (QED) is 0.862. The molecule has 1 N–H and O–H groups in total. The van der Waals surface area contributed by atoms with Crippen LogP contribution >= 0.6 is 0 Å². The van der Waals surface area contributed by atoms with Gasteiger partial charge in [0.1, 0.15) is 12.4 Å². The van der Waals surface area contributed by atoms with Crippen molar-refractivity contribution in [1.29, 1.82) is 0 Å². The minimum Gasteiger partial charge on any atom is -0.491 e. The normalized spacial score (nSPS) is 27.9. The smallest absolute Gasteiger partial charge is 0.166 e. The van der Waals surface area contributed by atoms with Crippen LogP contribution in [0, 0.1) is 11.3 Å². The van der Waals surface area contributed by atoms with E-state index in [2.05, 4.69) is 6.58 Å². The van der Waals surface area contributed by atoms with Gasteiger partial charge in [0.05, 0.1) is 12.0 Å². The molecule has 0 unspecified atom stereocenters. The number of para-hydroxylation sites is 1. The van der Waals surface area contributed by atoms with Gasteiger partial charge in [-0.15, -0.1) is 0 Å². The first-order chi connectivity index (χ1) is 12.9. The molecule has 0 aromatic heterocycles. The Balaban J connectivity index is 2.22. The first-order valence-electron chi connectivity index (χ1n) is 9.29. The number of ketones is 2. The van der Waals surface area contributed by atoms with E-state index >= 15 is 0 Å². The summed E-state index contributed by atoms with van der Waals surface area (Å²) >= 11 is 0. The number of aliphatic hydroxyl groups is 1.